The lowest BCUT2D eigenvalue weighted by molar-refractivity contribution is -0.959. The Morgan fingerprint density at radius 3 is 2.05 bits per heavy atom. The van der Waals surface area contributed by atoms with Gasteiger partial charge in [0.15, 0.2) is 11.5 Å². The van der Waals surface area contributed by atoms with Crippen molar-refractivity contribution in [2.75, 3.05) is 54.6 Å². The molecule has 1 aromatic rings. The van der Waals surface area contributed by atoms with Crippen molar-refractivity contribution in [1.29, 1.82) is 0 Å². The summed E-state index contributed by atoms with van der Waals surface area (Å²) in [7, 11) is 7.02. The molecule has 3 unspecified atom stereocenters. The Kier molecular flexibility index (Phi) is 19.7. The van der Waals surface area contributed by atoms with Gasteiger partial charge in [0, 0.05) is 50.6 Å². The molecule has 2 amide bonds. The van der Waals surface area contributed by atoms with E-state index in [1.54, 1.807) is 14.2 Å². The number of benzene rings is 1. The summed E-state index contributed by atoms with van der Waals surface area (Å²) in [5, 5.41) is 9.70. The second-order valence-corrected chi connectivity index (χ2v) is 11.7. The van der Waals surface area contributed by atoms with E-state index in [0.29, 0.717) is 44.2 Å². The van der Waals surface area contributed by atoms with E-state index in [1.807, 2.05) is 64.9 Å². The summed E-state index contributed by atoms with van der Waals surface area (Å²) in [5.41, 5.74) is 3.67. The molecule has 0 bridgehead atoms. The number of quaternary nitrogens is 1. The van der Waals surface area contributed by atoms with Gasteiger partial charge in [-0.3, -0.25) is 4.79 Å². The fourth-order valence-electron chi connectivity index (χ4n) is 5.48. The van der Waals surface area contributed by atoms with E-state index in [-0.39, 0.29) is 40.2 Å². The van der Waals surface area contributed by atoms with Crippen LogP contribution in [0, 0.1) is 23.7 Å². The molecule has 1 rings (SSSR count). The Morgan fingerprint density at radius 2 is 1.56 bits per heavy atom. The zero-order valence-electron chi connectivity index (χ0n) is 29.1. The maximum absolute atomic E-state index is 13.1. The fraction of sp³-hybridized carbons (Fsp3) is 0.706. The third-order valence-corrected chi connectivity index (χ3v) is 7.78. The largest absolute Gasteiger partial charge is 0.493 e. The standard InChI is InChI=1S/C32H55N3O6.C2H6/c1-11-34(12-2)31(36)27(24(5)6)17-14-13-16-26(23(3)4)30(35(7,8)33-32(37)38)25-18-19-28(40-10)29(22-25)41-21-15-20-39-9;1-2/h13-14,18-19,22-24,26-27,30,33H,11-12,15-17,20-21H2,1-10H3;1-2H3/p+1/b14-13+;. The van der Waals surface area contributed by atoms with Crippen molar-refractivity contribution < 1.29 is 33.5 Å². The first-order valence-electron chi connectivity index (χ1n) is 15.9. The molecule has 43 heavy (non-hydrogen) atoms. The molecule has 2 N–H and O–H groups in total. The molecule has 0 aliphatic carbocycles. The minimum atomic E-state index is -1.09. The lowest BCUT2D eigenvalue weighted by atomic mass is 9.80. The Bertz CT molecular complexity index is 959. The predicted molar refractivity (Wildman–Crippen MR) is 175 cm³/mol. The van der Waals surface area contributed by atoms with Crippen LogP contribution in [0.3, 0.4) is 0 Å². The number of nitrogens with zero attached hydrogens (tertiary/aromatic N) is 2. The van der Waals surface area contributed by atoms with E-state index in [4.69, 9.17) is 14.2 Å². The number of nitrogens with one attached hydrogen (secondary N) is 1. The number of carboxylic acid groups (broad SMARTS) is 1. The molecule has 0 saturated heterocycles. The van der Waals surface area contributed by atoms with Gasteiger partial charge in [-0.25, -0.2) is 9.39 Å². The normalized spacial score (nSPS) is 13.7. The van der Waals surface area contributed by atoms with Gasteiger partial charge in [0.25, 0.3) is 0 Å². The Morgan fingerprint density at radius 1 is 0.953 bits per heavy atom. The van der Waals surface area contributed by atoms with Crippen LogP contribution in [0.4, 0.5) is 4.79 Å². The monoisotopic (exact) mass is 608 g/mol. The number of amides is 2. The molecule has 0 fully saturated rings. The van der Waals surface area contributed by atoms with E-state index in [2.05, 4.69) is 45.3 Å². The first-order chi connectivity index (χ1) is 20.3. The molecule has 9 nitrogen and oxygen atoms in total. The molecule has 0 aromatic heterocycles. The molecule has 248 valence electrons. The van der Waals surface area contributed by atoms with Gasteiger partial charge >= 0.3 is 6.09 Å². The van der Waals surface area contributed by atoms with Crippen LogP contribution in [-0.2, 0) is 9.53 Å². The SMILES string of the molecule is CC.CCN(CC)C(=O)C(C/C=C/CC(C(C)C)C(c1ccc(OC)c(OCCCOC)c1)[N+](C)(C)NC(=O)O)C(C)C. The van der Waals surface area contributed by atoms with Gasteiger partial charge in [0.2, 0.25) is 5.91 Å². The second kappa shape index (κ2) is 21.0. The lowest BCUT2D eigenvalue weighted by Crippen LogP contribution is -2.58. The minimum Gasteiger partial charge on any atom is -0.493 e. The zero-order valence-corrected chi connectivity index (χ0v) is 29.1. The average molecular weight is 609 g/mol. The van der Waals surface area contributed by atoms with Crippen LogP contribution in [0.15, 0.2) is 30.4 Å². The predicted octanol–water partition coefficient (Wildman–Crippen LogP) is 7.19. The van der Waals surface area contributed by atoms with Crippen LogP contribution in [0.1, 0.15) is 86.3 Å². The van der Waals surface area contributed by atoms with E-state index in [9.17, 15) is 14.7 Å². The van der Waals surface area contributed by atoms with Crippen LogP contribution in [0.5, 0.6) is 11.5 Å². The highest BCUT2D eigenvalue weighted by atomic mass is 16.5. The van der Waals surface area contributed by atoms with Crippen LogP contribution in [0.2, 0.25) is 0 Å². The summed E-state index contributed by atoms with van der Waals surface area (Å²) in [4.78, 5) is 26.9. The Balaban J connectivity index is 0.00000862. The number of carbonyl (C=O) groups excluding carboxylic acids is 1. The Labute approximate surface area is 262 Å². The van der Waals surface area contributed by atoms with E-state index in [1.165, 1.54) is 0 Å². The number of methoxy groups -OCH3 is 2. The maximum atomic E-state index is 13.1. The zero-order chi connectivity index (χ0) is 33.2. The molecular formula is C34H62N3O6+. The summed E-state index contributed by atoms with van der Waals surface area (Å²) >= 11 is 0. The molecule has 0 aliphatic rings. The number of rotatable bonds is 19. The van der Waals surface area contributed by atoms with E-state index >= 15 is 0 Å². The number of hydrogen-bond acceptors (Lipinski definition) is 5. The number of allylic oxidation sites excluding steroid dienone is 2. The Hall–Kier alpha value is -2.78. The maximum Gasteiger partial charge on any atom is 0.449 e. The molecule has 9 heteroatoms. The van der Waals surface area contributed by atoms with Gasteiger partial charge in [-0.05, 0) is 56.7 Å². The summed E-state index contributed by atoms with van der Waals surface area (Å²) in [5.74, 6) is 1.93. The first kappa shape index (κ1) is 40.2. The van der Waals surface area contributed by atoms with Crippen molar-refractivity contribution in [3.05, 3.63) is 35.9 Å². The van der Waals surface area contributed by atoms with Crippen molar-refractivity contribution >= 4 is 12.0 Å². The summed E-state index contributed by atoms with van der Waals surface area (Å²) in [6.45, 7) is 19.1. The molecular weight excluding hydrogens is 546 g/mol. The number of ether oxygens (including phenoxy) is 3. The molecule has 0 radical (unpaired) electrons. The molecule has 1 aromatic carbocycles. The highest BCUT2D eigenvalue weighted by molar-refractivity contribution is 5.79. The highest BCUT2D eigenvalue weighted by Crippen LogP contribution is 2.41. The number of carbonyl (C=O) groups is 2. The summed E-state index contributed by atoms with van der Waals surface area (Å²) in [6, 6.07) is 5.62. The van der Waals surface area contributed by atoms with Gasteiger partial charge in [0.1, 0.15) is 6.04 Å². The summed E-state index contributed by atoms with van der Waals surface area (Å²) < 4.78 is 16.8. The highest BCUT2D eigenvalue weighted by Gasteiger charge is 2.40. The van der Waals surface area contributed by atoms with Gasteiger partial charge in [-0.2, -0.15) is 5.43 Å². The average Bonchev–Trinajstić information content (AvgIpc) is 2.95. The van der Waals surface area contributed by atoms with E-state index < -0.39 is 6.09 Å². The topological polar surface area (TPSA) is 97.3 Å². The minimum absolute atomic E-state index is 0.0382. The van der Waals surface area contributed by atoms with Crippen molar-refractivity contribution in [1.82, 2.24) is 10.3 Å². The smallest absolute Gasteiger partial charge is 0.449 e. The molecule has 0 saturated carbocycles. The van der Waals surface area contributed by atoms with Gasteiger partial charge in [-0.15, -0.1) is 0 Å². The molecule has 0 aliphatic heterocycles. The number of hydrogen-bond donors (Lipinski definition) is 2. The third kappa shape index (κ3) is 13.2. The first-order valence-corrected chi connectivity index (χ1v) is 15.9. The van der Waals surface area contributed by atoms with Gasteiger partial charge < -0.3 is 24.2 Å². The quantitative estimate of drug-likeness (QED) is 0.0747. The van der Waals surface area contributed by atoms with Crippen molar-refractivity contribution in [2.45, 2.75) is 80.7 Å². The van der Waals surface area contributed by atoms with Gasteiger partial charge in [0.05, 0.1) is 27.8 Å². The van der Waals surface area contributed by atoms with Crippen molar-refractivity contribution in [3.8, 4) is 11.5 Å². The molecule has 0 spiro atoms. The van der Waals surface area contributed by atoms with Gasteiger partial charge in [-0.1, -0.05) is 53.7 Å². The van der Waals surface area contributed by atoms with E-state index in [0.717, 1.165) is 18.4 Å². The van der Waals surface area contributed by atoms with Crippen LogP contribution in [-0.4, -0.2) is 81.2 Å². The second-order valence-electron chi connectivity index (χ2n) is 11.7. The van der Waals surface area contributed by atoms with Crippen LogP contribution >= 0.6 is 0 Å². The van der Waals surface area contributed by atoms with Crippen LogP contribution < -0.4 is 14.9 Å². The molecule has 0 heterocycles. The summed E-state index contributed by atoms with van der Waals surface area (Å²) in [6.07, 6.45) is 5.35. The molecule has 3 atom stereocenters. The van der Waals surface area contributed by atoms with Crippen molar-refractivity contribution in [2.24, 2.45) is 23.7 Å². The van der Waals surface area contributed by atoms with Crippen LogP contribution in [0.25, 0.3) is 0 Å². The lowest BCUT2D eigenvalue weighted by Gasteiger charge is -2.42. The van der Waals surface area contributed by atoms with Crippen molar-refractivity contribution in [3.63, 3.8) is 0 Å². The third-order valence-electron chi connectivity index (χ3n) is 7.78. The fourth-order valence-corrected chi connectivity index (χ4v) is 5.48.